The first-order chi connectivity index (χ1) is 4.75. The molecule has 0 aromatic rings. The molecule has 0 amide bonds. The molecule has 10 heavy (non-hydrogen) atoms. The molecule has 0 spiro atoms. The fourth-order valence-electron chi connectivity index (χ4n) is 1.34. The minimum atomic E-state index is -0.176. The van der Waals surface area contributed by atoms with Gasteiger partial charge in [-0.1, -0.05) is 6.92 Å². The van der Waals surface area contributed by atoms with E-state index < -0.39 is 0 Å². The van der Waals surface area contributed by atoms with E-state index in [9.17, 15) is 5.11 Å². The van der Waals surface area contributed by atoms with E-state index in [0.29, 0.717) is 6.04 Å². The van der Waals surface area contributed by atoms with Gasteiger partial charge in [0.15, 0.2) is 0 Å². The fourth-order valence-corrected chi connectivity index (χ4v) is 1.34. The molecule has 0 aromatic carbocycles. The van der Waals surface area contributed by atoms with Crippen molar-refractivity contribution in [3.63, 3.8) is 0 Å². The Bertz CT molecular complexity index is 108. The highest BCUT2D eigenvalue weighted by Crippen LogP contribution is 2.05. The minimum absolute atomic E-state index is 0.176. The van der Waals surface area contributed by atoms with E-state index in [0.717, 1.165) is 19.6 Å². The molecule has 1 rings (SSSR count). The predicted octanol–water partition coefficient (Wildman–Crippen LogP) is -0.729. The molecule has 3 nitrogen and oxygen atoms in total. The van der Waals surface area contributed by atoms with Crippen LogP contribution in [0.15, 0.2) is 0 Å². The van der Waals surface area contributed by atoms with Crippen molar-refractivity contribution in [1.29, 1.82) is 0 Å². The van der Waals surface area contributed by atoms with E-state index in [1.54, 1.807) is 0 Å². The number of nitrogens with one attached hydrogen (secondary N) is 1. The second-order valence-corrected chi connectivity index (χ2v) is 2.87. The number of aliphatic hydroxyl groups is 1. The summed E-state index contributed by atoms with van der Waals surface area (Å²) < 4.78 is 0. The third-order valence-corrected chi connectivity index (χ3v) is 2.22. The highest BCUT2D eigenvalue weighted by Gasteiger charge is 2.27. The quantitative estimate of drug-likeness (QED) is 0.536. The number of aliphatic hydroxyl groups excluding tert-OH is 1. The highest BCUT2D eigenvalue weighted by molar-refractivity contribution is 4.86. The summed E-state index contributed by atoms with van der Waals surface area (Å²) in [5, 5.41) is 12.5. The van der Waals surface area contributed by atoms with Crippen LogP contribution in [0.2, 0.25) is 0 Å². The van der Waals surface area contributed by atoms with Crippen molar-refractivity contribution in [3.8, 4) is 0 Å². The van der Waals surface area contributed by atoms with Crippen LogP contribution in [-0.4, -0.2) is 48.8 Å². The van der Waals surface area contributed by atoms with Gasteiger partial charge in [-0.2, -0.15) is 0 Å². The van der Waals surface area contributed by atoms with Crippen molar-refractivity contribution in [1.82, 2.24) is 10.2 Å². The third-order valence-electron chi connectivity index (χ3n) is 2.22. The van der Waals surface area contributed by atoms with Crippen molar-refractivity contribution in [2.75, 3.05) is 26.7 Å². The molecule has 0 aromatic heterocycles. The maximum Gasteiger partial charge on any atom is 0.0831 e. The van der Waals surface area contributed by atoms with Gasteiger partial charge in [-0.25, -0.2) is 0 Å². The molecule has 1 aliphatic rings. The van der Waals surface area contributed by atoms with Gasteiger partial charge in [0.25, 0.3) is 0 Å². The van der Waals surface area contributed by atoms with Gasteiger partial charge >= 0.3 is 0 Å². The molecule has 1 aliphatic heterocycles. The summed E-state index contributed by atoms with van der Waals surface area (Å²) in [5.74, 6) is 0. The first kappa shape index (κ1) is 7.98. The molecular weight excluding hydrogens is 128 g/mol. The molecule has 0 radical (unpaired) electrons. The lowest BCUT2D eigenvalue weighted by Crippen LogP contribution is -2.40. The molecule has 60 valence electrons. The van der Waals surface area contributed by atoms with Crippen molar-refractivity contribution in [2.45, 2.75) is 19.1 Å². The normalized spacial score (nSPS) is 33.6. The van der Waals surface area contributed by atoms with Crippen molar-refractivity contribution < 1.29 is 5.11 Å². The zero-order valence-corrected chi connectivity index (χ0v) is 6.67. The third kappa shape index (κ3) is 1.48. The van der Waals surface area contributed by atoms with Crippen LogP contribution in [0.1, 0.15) is 6.92 Å². The Morgan fingerprint density at radius 3 is 2.70 bits per heavy atom. The summed E-state index contributed by atoms with van der Waals surface area (Å²) in [6.07, 6.45) is -0.176. The van der Waals surface area contributed by atoms with Crippen molar-refractivity contribution >= 4 is 0 Å². The molecule has 1 saturated heterocycles. The first-order valence-corrected chi connectivity index (χ1v) is 3.84. The van der Waals surface area contributed by atoms with Gasteiger partial charge in [0, 0.05) is 19.1 Å². The van der Waals surface area contributed by atoms with E-state index in [1.165, 1.54) is 0 Å². The van der Waals surface area contributed by atoms with Crippen LogP contribution >= 0.6 is 0 Å². The average molecular weight is 144 g/mol. The predicted molar refractivity (Wildman–Crippen MR) is 41.0 cm³/mol. The van der Waals surface area contributed by atoms with E-state index in [1.807, 2.05) is 7.05 Å². The smallest absolute Gasteiger partial charge is 0.0831 e. The Morgan fingerprint density at radius 1 is 1.60 bits per heavy atom. The second kappa shape index (κ2) is 3.32. The molecule has 2 atom stereocenters. The first-order valence-electron chi connectivity index (χ1n) is 3.84. The molecule has 0 aliphatic carbocycles. The molecule has 0 saturated carbocycles. The molecular formula is C7H16N2O. The van der Waals surface area contributed by atoms with E-state index in [2.05, 4.69) is 17.1 Å². The summed E-state index contributed by atoms with van der Waals surface area (Å²) in [7, 11) is 2.04. The van der Waals surface area contributed by atoms with E-state index >= 15 is 0 Å². The molecule has 0 bridgehead atoms. The summed E-state index contributed by atoms with van der Waals surface area (Å²) >= 11 is 0. The number of hydrogen-bond acceptors (Lipinski definition) is 3. The van der Waals surface area contributed by atoms with Gasteiger partial charge in [0.05, 0.1) is 6.10 Å². The van der Waals surface area contributed by atoms with Crippen molar-refractivity contribution in [3.05, 3.63) is 0 Å². The zero-order valence-electron chi connectivity index (χ0n) is 6.67. The Labute approximate surface area is 62.0 Å². The monoisotopic (exact) mass is 144 g/mol. The lowest BCUT2D eigenvalue weighted by atomic mass is 10.2. The van der Waals surface area contributed by atoms with Gasteiger partial charge in [0.1, 0.15) is 0 Å². The second-order valence-electron chi connectivity index (χ2n) is 2.87. The fraction of sp³-hybridized carbons (Fsp3) is 1.00. The highest BCUT2D eigenvalue weighted by atomic mass is 16.3. The van der Waals surface area contributed by atoms with Gasteiger partial charge in [0.2, 0.25) is 0 Å². The Kier molecular flexibility index (Phi) is 2.65. The zero-order chi connectivity index (χ0) is 7.56. The number of nitrogens with zero attached hydrogens (tertiary/aromatic N) is 1. The molecule has 2 N–H and O–H groups in total. The summed E-state index contributed by atoms with van der Waals surface area (Å²) in [6.45, 7) is 4.77. The van der Waals surface area contributed by atoms with Gasteiger partial charge in [-0.05, 0) is 13.6 Å². The summed E-state index contributed by atoms with van der Waals surface area (Å²) in [6, 6.07) is 0.324. The minimum Gasteiger partial charge on any atom is -0.390 e. The largest absolute Gasteiger partial charge is 0.390 e. The van der Waals surface area contributed by atoms with Gasteiger partial charge in [-0.3, -0.25) is 4.90 Å². The van der Waals surface area contributed by atoms with Crippen LogP contribution in [-0.2, 0) is 0 Å². The Balaban J connectivity index is 2.38. The van der Waals surface area contributed by atoms with Crippen molar-refractivity contribution in [2.24, 2.45) is 0 Å². The van der Waals surface area contributed by atoms with E-state index in [-0.39, 0.29) is 6.10 Å². The lowest BCUT2D eigenvalue weighted by molar-refractivity contribution is 0.103. The van der Waals surface area contributed by atoms with Crippen LogP contribution in [0, 0.1) is 0 Å². The maximum atomic E-state index is 9.39. The standard InChI is InChI=1S/C7H16N2O/c1-3-9(2)6-4-8-5-7(6)10/h6-8,10H,3-5H2,1-2H3/t6-,7-/m1/s1. The Morgan fingerprint density at radius 2 is 2.30 bits per heavy atom. The summed E-state index contributed by atoms with van der Waals surface area (Å²) in [5.41, 5.74) is 0. The number of rotatable bonds is 2. The van der Waals surface area contributed by atoms with Crippen LogP contribution in [0.25, 0.3) is 0 Å². The van der Waals surface area contributed by atoms with Crippen LogP contribution in [0.4, 0.5) is 0 Å². The van der Waals surface area contributed by atoms with E-state index in [4.69, 9.17) is 0 Å². The topological polar surface area (TPSA) is 35.5 Å². The lowest BCUT2D eigenvalue weighted by Gasteiger charge is -2.24. The number of likely N-dealkylation sites (N-methyl/N-ethyl adjacent to an activating group) is 1. The molecule has 1 heterocycles. The number of hydrogen-bond donors (Lipinski definition) is 2. The van der Waals surface area contributed by atoms with Crippen LogP contribution in [0.3, 0.4) is 0 Å². The molecule has 1 fully saturated rings. The van der Waals surface area contributed by atoms with Gasteiger partial charge in [-0.15, -0.1) is 0 Å². The van der Waals surface area contributed by atoms with Crippen LogP contribution in [0.5, 0.6) is 0 Å². The molecule has 3 heteroatoms. The van der Waals surface area contributed by atoms with Gasteiger partial charge < -0.3 is 10.4 Å². The average Bonchev–Trinajstić information content (AvgIpc) is 2.34. The SMILES string of the molecule is CCN(C)[C@@H]1CNC[C@H]1O. The Hall–Kier alpha value is -0.120. The summed E-state index contributed by atoms with van der Waals surface area (Å²) in [4.78, 5) is 2.17. The number of β-amino-alcohol motifs (C(OH)–C–C–N with tert-alkyl or cyclic N) is 1. The molecule has 0 unspecified atom stereocenters. The maximum absolute atomic E-state index is 9.39. The van der Waals surface area contributed by atoms with Crippen LogP contribution < -0.4 is 5.32 Å².